The van der Waals surface area contributed by atoms with Crippen molar-refractivity contribution in [3.63, 3.8) is 0 Å². The van der Waals surface area contributed by atoms with Gasteiger partial charge in [-0.3, -0.25) is 4.79 Å². The third-order valence-corrected chi connectivity index (χ3v) is 3.27. The van der Waals surface area contributed by atoms with E-state index in [1.165, 1.54) is 17.5 Å². The first-order valence-electron chi connectivity index (χ1n) is 5.01. The molecule has 0 radical (unpaired) electrons. The Bertz CT molecular complexity index is 564. The second-order valence-electron chi connectivity index (χ2n) is 3.65. The number of carbonyl (C=O) groups is 1. The highest BCUT2D eigenvalue weighted by Crippen LogP contribution is 2.16. The zero-order valence-corrected chi connectivity index (χ0v) is 10.3. The van der Waals surface area contributed by atoms with Crippen LogP contribution in [0.3, 0.4) is 0 Å². The molecule has 2 rings (SSSR count). The fourth-order valence-corrected chi connectivity index (χ4v) is 2.03. The van der Waals surface area contributed by atoms with Crippen LogP contribution in [0.4, 0.5) is 11.5 Å². The molecule has 0 bridgehead atoms. The summed E-state index contributed by atoms with van der Waals surface area (Å²) in [5.74, 6) is 0.302. The summed E-state index contributed by atoms with van der Waals surface area (Å²) in [7, 11) is 0. The lowest BCUT2D eigenvalue weighted by molar-refractivity contribution is 0.102. The third-order valence-electron chi connectivity index (χ3n) is 2.34. The molecular weight excluding hydrogens is 236 g/mol. The minimum Gasteiger partial charge on any atom is -0.397 e. The summed E-state index contributed by atoms with van der Waals surface area (Å²) in [5.41, 5.74) is 9.52. The molecule has 0 aliphatic rings. The molecule has 0 saturated carbocycles. The second kappa shape index (κ2) is 4.50. The number of amides is 1. The number of nitrogen functional groups attached to an aromatic ring is 1. The number of thiazole rings is 1. The monoisotopic (exact) mass is 248 g/mol. The topological polar surface area (TPSA) is 80.9 Å². The molecule has 1 amide bonds. The Morgan fingerprint density at radius 2 is 2.18 bits per heavy atom. The first kappa shape index (κ1) is 11.5. The maximum absolute atomic E-state index is 11.9. The molecule has 0 fully saturated rings. The fourth-order valence-electron chi connectivity index (χ4n) is 1.33. The van der Waals surface area contributed by atoms with Crippen LogP contribution < -0.4 is 11.1 Å². The maximum atomic E-state index is 11.9. The Kier molecular flexibility index (Phi) is 3.06. The number of nitrogens with zero attached hydrogens (tertiary/aromatic N) is 2. The number of hydrogen-bond acceptors (Lipinski definition) is 5. The van der Waals surface area contributed by atoms with Gasteiger partial charge in [0.25, 0.3) is 5.91 Å². The van der Waals surface area contributed by atoms with E-state index < -0.39 is 0 Å². The molecule has 0 atom stereocenters. The fraction of sp³-hybridized carbons (Fsp3) is 0.182. The van der Waals surface area contributed by atoms with Crippen molar-refractivity contribution in [2.24, 2.45) is 0 Å². The normalized spacial score (nSPS) is 10.2. The first-order valence-corrected chi connectivity index (χ1v) is 5.89. The van der Waals surface area contributed by atoms with E-state index in [2.05, 4.69) is 15.3 Å². The Hall–Kier alpha value is -1.95. The van der Waals surface area contributed by atoms with Crippen molar-refractivity contribution in [3.05, 3.63) is 33.9 Å². The molecule has 6 heteroatoms. The molecule has 2 aromatic rings. The molecule has 0 unspecified atom stereocenters. The van der Waals surface area contributed by atoms with Crippen molar-refractivity contribution >= 4 is 28.7 Å². The van der Waals surface area contributed by atoms with Crippen LogP contribution in [-0.2, 0) is 0 Å². The summed E-state index contributed by atoms with van der Waals surface area (Å²) >= 11 is 1.31. The van der Waals surface area contributed by atoms with Gasteiger partial charge in [0.1, 0.15) is 10.7 Å². The van der Waals surface area contributed by atoms with E-state index in [1.807, 2.05) is 6.92 Å². The van der Waals surface area contributed by atoms with Gasteiger partial charge in [-0.1, -0.05) is 0 Å². The van der Waals surface area contributed by atoms with Gasteiger partial charge in [-0.25, -0.2) is 9.97 Å². The molecule has 2 heterocycles. The molecule has 0 aromatic carbocycles. The predicted octanol–water partition coefficient (Wildman–Crippen LogP) is 1.99. The number of hydrogen-bond donors (Lipinski definition) is 2. The van der Waals surface area contributed by atoms with E-state index in [4.69, 9.17) is 5.73 Å². The van der Waals surface area contributed by atoms with E-state index >= 15 is 0 Å². The van der Waals surface area contributed by atoms with Crippen LogP contribution in [0.2, 0.25) is 0 Å². The smallest absolute Gasteiger partial charge is 0.268 e. The Morgan fingerprint density at radius 1 is 1.41 bits per heavy atom. The minimum absolute atomic E-state index is 0.193. The molecule has 88 valence electrons. The highest BCUT2D eigenvalue weighted by atomic mass is 32.1. The van der Waals surface area contributed by atoms with Crippen LogP contribution >= 0.6 is 11.3 Å². The highest BCUT2D eigenvalue weighted by molar-refractivity contribution is 7.12. The molecule has 0 aliphatic carbocycles. The number of aryl methyl sites for hydroxylation is 2. The molecular formula is C11H12N4OS. The average Bonchev–Trinajstić information content (AvgIpc) is 2.70. The van der Waals surface area contributed by atoms with E-state index in [9.17, 15) is 4.79 Å². The highest BCUT2D eigenvalue weighted by Gasteiger charge is 2.12. The van der Waals surface area contributed by atoms with E-state index in [0.717, 1.165) is 11.3 Å². The largest absolute Gasteiger partial charge is 0.397 e. The maximum Gasteiger partial charge on any atom is 0.268 e. The van der Waals surface area contributed by atoms with Gasteiger partial charge in [-0.15, -0.1) is 11.3 Å². The number of anilines is 2. The zero-order chi connectivity index (χ0) is 12.4. The van der Waals surface area contributed by atoms with Gasteiger partial charge < -0.3 is 11.1 Å². The summed E-state index contributed by atoms with van der Waals surface area (Å²) in [6.07, 6.45) is 1.53. The molecule has 17 heavy (non-hydrogen) atoms. The van der Waals surface area contributed by atoms with Crippen LogP contribution in [0.1, 0.15) is 20.9 Å². The van der Waals surface area contributed by atoms with Crippen molar-refractivity contribution in [1.29, 1.82) is 0 Å². The molecule has 0 saturated heterocycles. The number of nitrogens with one attached hydrogen (secondary N) is 1. The zero-order valence-electron chi connectivity index (χ0n) is 9.52. The van der Waals surface area contributed by atoms with Gasteiger partial charge in [0.15, 0.2) is 0 Å². The van der Waals surface area contributed by atoms with Crippen LogP contribution in [-0.4, -0.2) is 15.9 Å². The van der Waals surface area contributed by atoms with Gasteiger partial charge in [-0.05, 0) is 25.5 Å². The lowest BCUT2D eigenvalue weighted by Crippen LogP contribution is -2.13. The van der Waals surface area contributed by atoms with Gasteiger partial charge >= 0.3 is 0 Å². The van der Waals surface area contributed by atoms with Crippen LogP contribution in [0, 0.1) is 13.8 Å². The predicted molar refractivity (Wildman–Crippen MR) is 68.2 cm³/mol. The standard InChI is InChI=1S/C11H12N4OS/c1-6-3-9(13-4-8(6)12)15-11(16)10-7(2)14-5-17-10/h3-5H,12H2,1-2H3,(H,13,15,16). The lowest BCUT2D eigenvalue weighted by Gasteiger charge is -2.05. The minimum atomic E-state index is -0.193. The third kappa shape index (κ3) is 2.42. The summed E-state index contributed by atoms with van der Waals surface area (Å²) in [6, 6.07) is 1.74. The van der Waals surface area contributed by atoms with Crippen molar-refractivity contribution in [2.45, 2.75) is 13.8 Å². The summed E-state index contributed by atoms with van der Waals surface area (Å²) < 4.78 is 0. The van der Waals surface area contributed by atoms with E-state index in [0.29, 0.717) is 16.4 Å². The van der Waals surface area contributed by atoms with Gasteiger partial charge in [-0.2, -0.15) is 0 Å². The van der Waals surface area contributed by atoms with Gasteiger partial charge in [0.2, 0.25) is 0 Å². The van der Waals surface area contributed by atoms with Crippen LogP contribution in [0.5, 0.6) is 0 Å². The van der Waals surface area contributed by atoms with Crippen molar-refractivity contribution in [3.8, 4) is 0 Å². The molecule has 0 aliphatic heterocycles. The summed E-state index contributed by atoms with van der Waals surface area (Å²) in [6.45, 7) is 3.66. The Morgan fingerprint density at radius 3 is 2.76 bits per heavy atom. The van der Waals surface area contributed by atoms with Crippen molar-refractivity contribution in [1.82, 2.24) is 9.97 Å². The second-order valence-corrected chi connectivity index (χ2v) is 4.50. The van der Waals surface area contributed by atoms with E-state index in [1.54, 1.807) is 18.5 Å². The number of carbonyl (C=O) groups excluding carboxylic acids is 1. The number of aromatic nitrogens is 2. The average molecular weight is 248 g/mol. The quantitative estimate of drug-likeness (QED) is 0.851. The number of pyridine rings is 1. The molecule has 5 nitrogen and oxygen atoms in total. The molecule has 0 spiro atoms. The first-order chi connectivity index (χ1) is 8.08. The molecule has 3 N–H and O–H groups in total. The number of rotatable bonds is 2. The Balaban J connectivity index is 2.19. The van der Waals surface area contributed by atoms with Crippen LogP contribution in [0.15, 0.2) is 17.8 Å². The van der Waals surface area contributed by atoms with E-state index in [-0.39, 0.29) is 5.91 Å². The van der Waals surface area contributed by atoms with Crippen molar-refractivity contribution in [2.75, 3.05) is 11.1 Å². The lowest BCUT2D eigenvalue weighted by atomic mass is 10.2. The van der Waals surface area contributed by atoms with Crippen LogP contribution in [0.25, 0.3) is 0 Å². The molecule has 2 aromatic heterocycles. The van der Waals surface area contributed by atoms with Gasteiger partial charge in [0, 0.05) is 0 Å². The number of nitrogens with two attached hydrogens (primary N) is 1. The summed E-state index contributed by atoms with van der Waals surface area (Å²) in [5, 5.41) is 2.72. The Labute approximate surface area is 103 Å². The van der Waals surface area contributed by atoms with Crippen molar-refractivity contribution < 1.29 is 4.79 Å². The SMILES string of the molecule is Cc1cc(NC(=O)c2scnc2C)ncc1N. The summed E-state index contributed by atoms with van der Waals surface area (Å²) in [4.78, 5) is 20.6. The van der Waals surface area contributed by atoms with Gasteiger partial charge in [0.05, 0.1) is 23.1 Å².